The molecule has 0 spiro atoms. The fraction of sp³-hybridized carbons (Fsp3) is 0.529. The zero-order valence-corrected chi connectivity index (χ0v) is 14.0. The van der Waals surface area contributed by atoms with Gasteiger partial charge < -0.3 is 14.5 Å². The van der Waals surface area contributed by atoms with E-state index >= 15 is 0 Å². The molecular formula is C17H22FN3O2. The Morgan fingerprint density at radius 1 is 1.39 bits per heavy atom. The second-order valence-corrected chi connectivity index (χ2v) is 6.74. The molecule has 1 heterocycles. The number of halogens is 1. The largest absolute Gasteiger partial charge is 0.444 e. The van der Waals surface area contributed by atoms with Crippen LogP contribution in [0.25, 0.3) is 0 Å². The van der Waals surface area contributed by atoms with E-state index < -0.39 is 5.60 Å². The summed E-state index contributed by atoms with van der Waals surface area (Å²) in [6.45, 7) is 8.94. The zero-order valence-electron chi connectivity index (χ0n) is 14.0. The first-order valence-corrected chi connectivity index (χ1v) is 7.65. The van der Waals surface area contributed by atoms with Gasteiger partial charge in [0.1, 0.15) is 17.5 Å². The molecule has 0 N–H and O–H groups in total. The first kappa shape index (κ1) is 17.1. The maximum absolute atomic E-state index is 13.5. The molecule has 1 atom stereocenters. The fourth-order valence-electron chi connectivity index (χ4n) is 2.63. The molecule has 124 valence electrons. The quantitative estimate of drug-likeness (QED) is 0.798. The third-order valence-corrected chi connectivity index (χ3v) is 3.68. The van der Waals surface area contributed by atoms with E-state index in [4.69, 9.17) is 4.74 Å². The average Bonchev–Trinajstić information content (AvgIpc) is 2.45. The number of amides is 1. The van der Waals surface area contributed by atoms with Crippen molar-refractivity contribution < 1.29 is 13.9 Å². The van der Waals surface area contributed by atoms with E-state index in [0.29, 0.717) is 30.9 Å². The smallest absolute Gasteiger partial charge is 0.410 e. The number of nitriles is 1. The van der Waals surface area contributed by atoms with E-state index in [0.717, 1.165) is 0 Å². The second kappa shape index (κ2) is 6.45. The molecule has 2 rings (SSSR count). The number of piperazine rings is 1. The summed E-state index contributed by atoms with van der Waals surface area (Å²) >= 11 is 0. The standard InChI is InChI=1S/C17H22FN3O2/c1-12-11-20(15-9-14(18)6-5-13(15)10-19)7-8-21(12)16(22)23-17(2,3)4/h5-6,9,12H,7-8,11H2,1-4H3/t12-/m0/s1. The fourth-order valence-corrected chi connectivity index (χ4v) is 2.63. The van der Waals surface area contributed by atoms with Gasteiger partial charge in [0.25, 0.3) is 0 Å². The molecule has 6 heteroatoms. The number of rotatable bonds is 1. The lowest BCUT2D eigenvalue weighted by Crippen LogP contribution is -2.55. The van der Waals surface area contributed by atoms with Gasteiger partial charge in [0, 0.05) is 25.7 Å². The molecule has 0 radical (unpaired) electrons. The van der Waals surface area contributed by atoms with E-state index in [1.807, 2.05) is 32.6 Å². The molecule has 0 saturated carbocycles. The van der Waals surface area contributed by atoms with Crippen LogP contribution in [0.2, 0.25) is 0 Å². The SMILES string of the molecule is C[C@H]1CN(c2cc(F)ccc2C#N)CCN1C(=O)OC(C)(C)C. The van der Waals surface area contributed by atoms with Crippen LogP contribution in [0, 0.1) is 17.1 Å². The van der Waals surface area contributed by atoms with Gasteiger partial charge in [-0.25, -0.2) is 9.18 Å². The van der Waals surface area contributed by atoms with Gasteiger partial charge in [-0.05, 0) is 45.9 Å². The predicted octanol–water partition coefficient (Wildman–Crippen LogP) is 3.14. The lowest BCUT2D eigenvalue weighted by Gasteiger charge is -2.41. The van der Waals surface area contributed by atoms with Crippen LogP contribution >= 0.6 is 0 Å². The van der Waals surface area contributed by atoms with E-state index in [9.17, 15) is 14.4 Å². The third kappa shape index (κ3) is 4.13. The van der Waals surface area contributed by atoms with Crippen molar-refractivity contribution in [3.8, 4) is 6.07 Å². The van der Waals surface area contributed by atoms with Crippen LogP contribution in [0.15, 0.2) is 18.2 Å². The number of hydrogen-bond acceptors (Lipinski definition) is 4. The van der Waals surface area contributed by atoms with Gasteiger partial charge in [0.15, 0.2) is 0 Å². The average molecular weight is 319 g/mol. The minimum Gasteiger partial charge on any atom is -0.444 e. The van der Waals surface area contributed by atoms with Gasteiger partial charge in [0.2, 0.25) is 0 Å². The molecule has 1 saturated heterocycles. The maximum Gasteiger partial charge on any atom is 0.410 e. The Kier molecular flexibility index (Phi) is 4.79. The number of nitrogens with zero attached hydrogens (tertiary/aromatic N) is 3. The number of benzene rings is 1. The molecule has 1 aromatic carbocycles. The number of hydrogen-bond donors (Lipinski definition) is 0. The topological polar surface area (TPSA) is 56.6 Å². The van der Waals surface area contributed by atoms with Gasteiger partial charge in [-0.15, -0.1) is 0 Å². The second-order valence-electron chi connectivity index (χ2n) is 6.74. The van der Waals surface area contributed by atoms with E-state index in [-0.39, 0.29) is 18.0 Å². The van der Waals surface area contributed by atoms with Crippen LogP contribution in [0.1, 0.15) is 33.3 Å². The Bertz CT molecular complexity index is 634. The van der Waals surface area contributed by atoms with Crippen molar-refractivity contribution in [3.63, 3.8) is 0 Å². The van der Waals surface area contributed by atoms with Crippen LogP contribution in [-0.2, 0) is 4.74 Å². The molecule has 1 fully saturated rings. The molecular weight excluding hydrogens is 297 g/mol. The van der Waals surface area contributed by atoms with Crippen molar-refractivity contribution >= 4 is 11.8 Å². The Hall–Kier alpha value is -2.29. The highest BCUT2D eigenvalue weighted by Crippen LogP contribution is 2.25. The number of anilines is 1. The molecule has 1 aliphatic rings. The lowest BCUT2D eigenvalue weighted by atomic mass is 10.1. The predicted molar refractivity (Wildman–Crippen MR) is 85.7 cm³/mol. The van der Waals surface area contributed by atoms with Gasteiger partial charge in [-0.3, -0.25) is 0 Å². The summed E-state index contributed by atoms with van der Waals surface area (Å²) in [6.07, 6.45) is -0.343. The lowest BCUT2D eigenvalue weighted by molar-refractivity contribution is 0.0159. The Balaban J connectivity index is 2.12. The highest BCUT2D eigenvalue weighted by Gasteiger charge is 2.31. The molecule has 23 heavy (non-hydrogen) atoms. The first-order chi connectivity index (χ1) is 10.7. The molecule has 5 nitrogen and oxygen atoms in total. The molecule has 0 bridgehead atoms. The van der Waals surface area contributed by atoms with Gasteiger partial charge in [0.05, 0.1) is 11.3 Å². The number of carbonyl (C=O) groups excluding carboxylic acids is 1. The summed E-state index contributed by atoms with van der Waals surface area (Å²) in [5, 5.41) is 9.19. The van der Waals surface area contributed by atoms with Crippen LogP contribution in [0.5, 0.6) is 0 Å². The van der Waals surface area contributed by atoms with Crippen LogP contribution in [0.3, 0.4) is 0 Å². The Labute approximate surface area is 136 Å². The van der Waals surface area contributed by atoms with Crippen LogP contribution in [-0.4, -0.2) is 42.3 Å². The summed E-state index contributed by atoms with van der Waals surface area (Å²) in [6, 6.07) is 6.13. The van der Waals surface area contributed by atoms with Crippen LogP contribution < -0.4 is 4.90 Å². The first-order valence-electron chi connectivity index (χ1n) is 7.65. The van der Waals surface area contributed by atoms with Gasteiger partial charge in [-0.2, -0.15) is 5.26 Å². The van der Waals surface area contributed by atoms with E-state index in [1.54, 1.807) is 4.90 Å². The molecule has 1 aliphatic heterocycles. The normalized spacial score (nSPS) is 18.5. The number of carbonyl (C=O) groups is 1. The van der Waals surface area contributed by atoms with Gasteiger partial charge in [-0.1, -0.05) is 0 Å². The van der Waals surface area contributed by atoms with E-state index in [2.05, 4.69) is 6.07 Å². The summed E-state index contributed by atoms with van der Waals surface area (Å²) < 4.78 is 18.9. The Morgan fingerprint density at radius 2 is 2.09 bits per heavy atom. The molecule has 0 unspecified atom stereocenters. The molecule has 1 amide bonds. The summed E-state index contributed by atoms with van der Waals surface area (Å²) in [5.74, 6) is -0.374. The van der Waals surface area contributed by atoms with Crippen LogP contribution in [0.4, 0.5) is 14.9 Å². The van der Waals surface area contributed by atoms with Crippen molar-refractivity contribution in [2.75, 3.05) is 24.5 Å². The summed E-state index contributed by atoms with van der Waals surface area (Å²) in [4.78, 5) is 15.8. The van der Waals surface area contributed by atoms with E-state index in [1.165, 1.54) is 18.2 Å². The minimum atomic E-state index is -0.537. The van der Waals surface area contributed by atoms with Gasteiger partial charge >= 0.3 is 6.09 Å². The van der Waals surface area contributed by atoms with Crippen molar-refractivity contribution in [3.05, 3.63) is 29.6 Å². The third-order valence-electron chi connectivity index (χ3n) is 3.68. The van der Waals surface area contributed by atoms with Crippen molar-refractivity contribution in [2.24, 2.45) is 0 Å². The minimum absolute atomic E-state index is 0.0894. The highest BCUT2D eigenvalue weighted by molar-refractivity contribution is 5.69. The molecule has 1 aromatic rings. The monoisotopic (exact) mass is 319 g/mol. The van der Waals surface area contributed by atoms with Crippen molar-refractivity contribution in [1.29, 1.82) is 5.26 Å². The summed E-state index contributed by atoms with van der Waals surface area (Å²) in [5.41, 5.74) is 0.470. The number of ether oxygens (including phenoxy) is 1. The zero-order chi connectivity index (χ0) is 17.2. The summed E-state index contributed by atoms with van der Waals surface area (Å²) in [7, 11) is 0. The van der Waals surface area contributed by atoms with Crippen molar-refractivity contribution in [2.45, 2.75) is 39.3 Å². The molecule has 0 aromatic heterocycles. The van der Waals surface area contributed by atoms with Crippen molar-refractivity contribution in [1.82, 2.24) is 4.90 Å². The highest BCUT2D eigenvalue weighted by atomic mass is 19.1. The Morgan fingerprint density at radius 3 is 2.65 bits per heavy atom. The maximum atomic E-state index is 13.5. The molecule has 0 aliphatic carbocycles.